The van der Waals surface area contributed by atoms with Crippen molar-refractivity contribution in [2.24, 2.45) is 0 Å². The predicted octanol–water partition coefficient (Wildman–Crippen LogP) is 1.78. The molecule has 1 aliphatic heterocycles. The number of ether oxygens (including phenoxy) is 2. The van der Waals surface area contributed by atoms with Crippen molar-refractivity contribution in [1.82, 2.24) is 15.0 Å². The van der Waals surface area contributed by atoms with E-state index in [2.05, 4.69) is 29.0 Å². The summed E-state index contributed by atoms with van der Waals surface area (Å²) in [6.07, 6.45) is 3.89. The zero-order valence-electron chi connectivity index (χ0n) is 12.0. The standard InChI is InChI=1S/C13H23N3O3/c1-10(13-14-12(9-17-3)15-19-13)16(2)8-11-6-4-5-7-18-11/h10-11H,4-9H2,1-3H3. The van der Waals surface area contributed by atoms with Gasteiger partial charge in [0.15, 0.2) is 5.82 Å². The fourth-order valence-corrected chi connectivity index (χ4v) is 2.24. The van der Waals surface area contributed by atoms with E-state index in [9.17, 15) is 0 Å². The number of aromatic nitrogens is 2. The van der Waals surface area contributed by atoms with Gasteiger partial charge in [-0.2, -0.15) is 4.98 Å². The summed E-state index contributed by atoms with van der Waals surface area (Å²) in [5.74, 6) is 1.22. The van der Waals surface area contributed by atoms with Gasteiger partial charge in [0.1, 0.15) is 6.61 Å². The second-order valence-corrected chi connectivity index (χ2v) is 5.09. The summed E-state index contributed by atoms with van der Waals surface area (Å²) in [4.78, 5) is 6.52. The maximum atomic E-state index is 5.75. The highest BCUT2D eigenvalue weighted by Crippen LogP contribution is 2.20. The summed E-state index contributed by atoms with van der Waals surface area (Å²) in [5, 5.41) is 3.89. The normalized spacial score (nSPS) is 21.8. The smallest absolute Gasteiger partial charge is 0.243 e. The SMILES string of the molecule is COCc1noc(C(C)N(C)CC2CCCCO2)n1. The van der Waals surface area contributed by atoms with Crippen molar-refractivity contribution in [2.45, 2.75) is 44.9 Å². The summed E-state index contributed by atoms with van der Waals surface area (Å²) >= 11 is 0. The Hall–Kier alpha value is -0.980. The van der Waals surface area contributed by atoms with Crippen molar-refractivity contribution in [3.8, 4) is 0 Å². The molecule has 2 unspecified atom stereocenters. The maximum Gasteiger partial charge on any atom is 0.243 e. The van der Waals surface area contributed by atoms with E-state index >= 15 is 0 Å². The van der Waals surface area contributed by atoms with Gasteiger partial charge in [-0.1, -0.05) is 5.16 Å². The van der Waals surface area contributed by atoms with Crippen molar-refractivity contribution >= 4 is 0 Å². The van der Waals surface area contributed by atoms with Crippen LogP contribution in [-0.4, -0.2) is 48.5 Å². The molecule has 0 radical (unpaired) electrons. The Morgan fingerprint density at radius 2 is 2.32 bits per heavy atom. The highest BCUT2D eigenvalue weighted by atomic mass is 16.5. The minimum Gasteiger partial charge on any atom is -0.377 e. The molecule has 0 bridgehead atoms. The van der Waals surface area contributed by atoms with Crippen molar-refractivity contribution < 1.29 is 14.0 Å². The molecule has 0 aromatic carbocycles. The Bertz CT molecular complexity index is 377. The molecule has 2 heterocycles. The van der Waals surface area contributed by atoms with E-state index in [1.54, 1.807) is 7.11 Å². The fourth-order valence-electron chi connectivity index (χ4n) is 2.24. The minimum atomic E-state index is 0.0867. The van der Waals surface area contributed by atoms with E-state index in [4.69, 9.17) is 14.0 Å². The molecular formula is C13H23N3O3. The van der Waals surface area contributed by atoms with Gasteiger partial charge in [-0.15, -0.1) is 0 Å². The van der Waals surface area contributed by atoms with Crippen LogP contribution in [0.3, 0.4) is 0 Å². The summed E-state index contributed by atoms with van der Waals surface area (Å²) < 4.78 is 16.0. The molecule has 0 saturated carbocycles. The van der Waals surface area contributed by atoms with Crippen molar-refractivity contribution in [3.63, 3.8) is 0 Å². The highest BCUT2D eigenvalue weighted by molar-refractivity contribution is 4.91. The molecule has 108 valence electrons. The maximum absolute atomic E-state index is 5.75. The minimum absolute atomic E-state index is 0.0867. The molecule has 1 fully saturated rings. The second-order valence-electron chi connectivity index (χ2n) is 5.09. The third kappa shape index (κ3) is 3.99. The third-order valence-corrected chi connectivity index (χ3v) is 3.54. The monoisotopic (exact) mass is 269 g/mol. The molecule has 0 spiro atoms. The van der Waals surface area contributed by atoms with E-state index in [1.807, 2.05) is 0 Å². The molecule has 6 heteroatoms. The molecular weight excluding hydrogens is 246 g/mol. The van der Waals surface area contributed by atoms with Crippen molar-refractivity contribution in [2.75, 3.05) is 27.3 Å². The summed E-state index contributed by atoms with van der Waals surface area (Å²) in [5.41, 5.74) is 0. The predicted molar refractivity (Wildman–Crippen MR) is 69.6 cm³/mol. The lowest BCUT2D eigenvalue weighted by Gasteiger charge is -2.29. The van der Waals surface area contributed by atoms with Crippen LogP contribution in [0.2, 0.25) is 0 Å². The first-order chi connectivity index (χ1) is 9.20. The van der Waals surface area contributed by atoms with Crippen LogP contribution in [0.1, 0.15) is 43.9 Å². The van der Waals surface area contributed by atoms with Crippen LogP contribution in [0.15, 0.2) is 4.52 Å². The number of hydrogen-bond acceptors (Lipinski definition) is 6. The van der Waals surface area contributed by atoms with Gasteiger partial charge >= 0.3 is 0 Å². The topological polar surface area (TPSA) is 60.6 Å². The molecule has 0 amide bonds. The van der Waals surface area contributed by atoms with E-state index in [-0.39, 0.29) is 6.04 Å². The fraction of sp³-hybridized carbons (Fsp3) is 0.846. The first-order valence-corrected chi connectivity index (χ1v) is 6.84. The molecule has 0 aliphatic carbocycles. The van der Waals surface area contributed by atoms with Gasteiger partial charge in [-0.25, -0.2) is 0 Å². The van der Waals surface area contributed by atoms with Crippen LogP contribution >= 0.6 is 0 Å². The van der Waals surface area contributed by atoms with Crippen LogP contribution < -0.4 is 0 Å². The van der Waals surface area contributed by atoms with Crippen LogP contribution in [0, 0.1) is 0 Å². The highest BCUT2D eigenvalue weighted by Gasteiger charge is 2.23. The number of hydrogen-bond donors (Lipinski definition) is 0. The number of likely N-dealkylation sites (N-methyl/N-ethyl adjacent to an activating group) is 1. The largest absolute Gasteiger partial charge is 0.377 e. The van der Waals surface area contributed by atoms with Gasteiger partial charge in [-0.3, -0.25) is 4.90 Å². The lowest BCUT2D eigenvalue weighted by atomic mass is 10.1. The molecule has 2 rings (SSSR count). The molecule has 6 nitrogen and oxygen atoms in total. The van der Waals surface area contributed by atoms with Gasteiger partial charge in [0.05, 0.1) is 12.1 Å². The molecule has 19 heavy (non-hydrogen) atoms. The first kappa shape index (κ1) is 14.4. The lowest BCUT2D eigenvalue weighted by molar-refractivity contribution is -0.00918. The molecule has 0 N–H and O–H groups in total. The number of methoxy groups -OCH3 is 1. The van der Waals surface area contributed by atoms with Gasteiger partial charge in [0, 0.05) is 20.3 Å². The Kier molecular flexibility index (Phi) is 5.30. The summed E-state index contributed by atoms with van der Waals surface area (Å²) in [6.45, 7) is 4.22. The van der Waals surface area contributed by atoms with Crippen LogP contribution in [0.4, 0.5) is 0 Å². The molecule has 1 aromatic rings. The third-order valence-electron chi connectivity index (χ3n) is 3.54. The van der Waals surface area contributed by atoms with E-state index in [0.717, 1.165) is 19.6 Å². The van der Waals surface area contributed by atoms with E-state index in [1.165, 1.54) is 12.8 Å². The molecule has 1 aromatic heterocycles. The van der Waals surface area contributed by atoms with E-state index in [0.29, 0.717) is 24.4 Å². The quantitative estimate of drug-likeness (QED) is 0.784. The average Bonchev–Trinajstić information content (AvgIpc) is 2.88. The zero-order chi connectivity index (χ0) is 13.7. The number of nitrogens with zero attached hydrogens (tertiary/aromatic N) is 3. The van der Waals surface area contributed by atoms with Gasteiger partial charge in [0.25, 0.3) is 0 Å². The molecule has 1 saturated heterocycles. The Balaban J connectivity index is 1.87. The van der Waals surface area contributed by atoms with E-state index < -0.39 is 0 Å². The first-order valence-electron chi connectivity index (χ1n) is 6.84. The van der Waals surface area contributed by atoms with Crippen LogP contribution in [-0.2, 0) is 16.1 Å². The average molecular weight is 269 g/mol. The van der Waals surface area contributed by atoms with Crippen molar-refractivity contribution in [1.29, 1.82) is 0 Å². The van der Waals surface area contributed by atoms with Gasteiger partial charge in [-0.05, 0) is 33.2 Å². The van der Waals surface area contributed by atoms with Gasteiger partial charge < -0.3 is 14.0 Å². The molecule has 2 atom stereocenters. The second kappa shape index (κ2) is 6.98. The summed E-state index contributed by atoms with van der Waals surface area (Å²) in [7, 11) is 3.68. The van der Waals surface area contributed by atoms with Crippen LogP contribution in [0.5, 0.6) is 0 Å². The van der Waals surface area contributed by atoms with Gasteiger partial charge in [0.2, 0.25) is 5.89 Å². The zero-order valence-corrected chi connectivity index (χ0v) is 12.0. The van der Waals surface area contributed by atoms with Crippen molar-refractivity contribution in [3.05, 3.63) is 11.7 Å². The Morgan fingerprint density at radius 3 is 3.00 bits per heavy atom. The lowest BCUT2D eigenvalue weighted by Crippen LogP contribution is -2.35. The Morgan fingerprint density at radius 1 is 1.47 bits per heavy atom. The number of rotatable bonds is 6. The molecule has 1 aliphatic rings. The Labute approximate surface area is 114 Å². The summed E-state index contributed by atoms with van der Waals surface area (Å²) in [6, 6.07) is 0.0867. The van der Waals surface area contributed by atoms with Crippen LogP contribution in [0.25, 0.3) is 0 Å².